The van der Waals surface area contributed by atoms with Crippen LogP contribution in [-0.4, -0.2) is 25.7 Å². The normalized spacial score (nSPS) is 12.7. The zero-order valence-electron chi connectivity index (χ0n) is 10.5. The van der Waals surface area contributed by atoms with Gasteiger partial charge < -0.3 is 10.8 Å². The predicted molar refractivity (Wildman–Crippen MR) is 72.1 cm³/mol. The van der Waals surface area contributed by atoms with Gasteiger partial charge in [0, 0.05) is 17.3 Å². The van der Waals surface area contributed by atoms with Crippen LogP contribution in [0.25, 0.3) is 0 Å². The molecule has 0 radical (unpaired) electrons. The van der Waals surface area contributed by atoms with Gasteiger partial charge in [0.25, 0.3) is 0 Å². The van der Waals surface area contributed by atoms with Gasteiger partial charge in [0.05, 0.1) is 10.5 Å². The van der Waals surface area contributed by atoms with E-state index < -0.39 is 15.6 Å². The summed E-state index contributed by atoms with van der Waals surface area (Å²) in [6.07, 6.45) is 0. The molecule has 1 aromatic rings. The molecule has 0 aromatic heterocycles. The fraction of sp³-hybridized carbons (Fsp3) is 0.455. The van der Waals surface area contributed by atoms with Crippen LogP contribution in [0.15, 0.2) is 17.0 Å². The van der Waals surface area contributed by atoms with Crippen molar-refractivity contribution < 1.29 is 13.5 Å². The highest BCUT2D eigenvalue weighted by atomic mass is 35.5. The minimum Gasteiger partial charge on any atom is -0.398 e. The molecule has 0 unspecified atom stereocenters. The molecule has 0 aliphatic heterocycles. The fourth-order valence-corrected chi connectivity index (χ4v) is 2.74. The van der Waals surface area contributed by atoms with E-state index in [0.717, 1.165) is 0 Å². The molecule has 0 atom stereocenters. The summed E-state index contributed by atoms with van der Waals surface area (Å²) in [4.78, 5) is -0.0140. The molecular formula is C11H17ClN2O3S. The fourth-order valence-electron chi connectivity index (χ4n) is 1.18. The van der Waals surface area contributed by atoms with Crippen molar-refractivity contribution in [1.29, 1.82) is 0 Å². The number of hydrogen-bond donors (Lipinski definition) is 3. The third kappa shape index (κ3) is 3.84. The second kappa shape index (κ2) is 5.05. The lowest BCUT2D eigenvalue weighted by atomic mass is 10.1. The van der Waals surface area contributed by atoms with E-state index in [1.807, 2.05) is 0 Å². The molecule has 0 aliphatic rings. The van der Waals surface area contributed by atoms with Gasteiger partial charge in [-0.15, -0.1) is 0 Å². The quantitative estimate of drug-likeness (QED) is 0.729. The van der Waals surface area contributed by atoms with Crippen LogP contribution in [0, 0.1) is 6.92 Å². The number of halogens is 1. The van der Waals surface area contributed by atoms with Crippen LogP contribution in [0.3, 0.4) is 0 Å². The molecule has 102 valence electrons. The molecule has 1 aromatic carbocycles. The molecule has 4 N–H and O–H groups in total. The molecule has 0 heterocycles. The summed E-state index contributed by atoms with van der Waals surface area (Å²) >= 11 is 5.89. The van der Waals surface area contributed by atoms with Crippen LogP contribution < -0.4 is 10.5 Å². The Morgan fingerprint density at radius 1 is 1.44 bits per heavy atom. The highest BCUT2D eigenvalue weighted by Gasteiger charge is 2.21. The number of benzene rings is 1. The lowest BCUT2D eigenvalue weighted by Crippen LogP contribution is -2.38. The van der Waals surface area contributed by atoms with Gasteiger partial charge in [0.2, 0.25) is 10.0 Å². The SMILES string of the molecule is Cc1c(N)cc(S(=O)(=O)NCC(C)(C)O)cc1Cl. The highest BCUT2D eigenvalue weighted by Crippen LogP contribution is 2.25. The van der Waals surface area contributed by atoms with Crippen LogP contribution >= 0.6 is 11.6 Å². The zero-order chi connectivity index (χ0) is 14.1. The monoisotopic (exact) mass is 292 g/mol. The van der Waals surface area contributed by atoms with E-state index in [2.05, 4.69) is 4.72 Å². The maximum Gasteiger partial charge on any atom is 0.240 e. The average molecular weight is 293 g/mol. The number of nitrogen functional groups attached to an aromatic ring is 1. The second-order valence-corrected chi connectivity index (χ2v) is 6.93. The largest absolute Gasteiger partial charge is 0.398 e. The van der Waals surface area contributed by atoms with E-state index in [1.165, 1.54) is 26.0 Å². The van der Waals surface area contributed by atoms with Crippen LogP contribution in [-0.2, 0) is 10.0 Å². The maximum absolute atomic E-state index is 12.0. The van der Waals surface area contributed by atoms with Gasteiger partial charge in [-0.05, 0) is 38.5 Å². The van der Waals surface area contributed by atoms with E-state index in [4.69, 9.17) is 17.3 Å². The Morgan fingerprint density at radius 2 is 2.00 bits per heavy atom. The van der Waals surface area contributed by atoms with Gasteiger partial charge in [-0.1, -0.05) is 11.6 Å². The van der Waals surface area contributed by atoms with Crippen molar-refractivity contribution in [2.45, 2.75) is 31.3 Å². The Bertz CT molecular complexity index is 527. The first-order chi connectivity index (χ1) is 8.03. The minimum absolute atomic E-state index is 0.0140. The summed E-state index contributed by atoms with van der Waals surface area (Å²) in [7, 11) is -3.73. The number of anilines is 1. The first kappa shape index (κ1) is 15.2. The molecule has 0 saturated carbocycles. The van der Waals surface area contributed by atoms with Gasteiger partial charge in [-0.3, -0.25) is 0 Å². The van der Waals surface area contributed by atoms with E-state index in [9.17, 15) is 13.5 Å². The Kier molecular flexibility index (Phi) is 4.27. The lowest BCUT2D eigenvalue weighted by molar-refractivity contribution is 0.0857. The van der Waals surface area contributed by atoms with Crippen LogP contribution in [0.2, 0.25) is 5.02 Å². The molecule has 0 saturated heterocycles. The van der Waals surface area contributed by atoms with Gasteiger partial charge >= 0.3 is 0 Å². The predicted octanol–water partition coefficient (Wildman–Crippen LogP) is 1.28. The number of sulfonamides is 1. The van der Waals surface area contributed by atoms with E-state index >= 15 is 0 Å². The molecule has 0 fully saturated rings. The van der Waals surface area contributed by atoms with Gasteiger partial charge in [-0.2, -0.15) is 0 Å². The first-order valence-corrected chi connectivity index (χ1v) is 7.17. The van der Waals surface area contributed by atoms with Crippen molar-refractivity contribution >= 4 is 27.3 Å². The number of rotatable bonds is 4. The van der Waals surface area contributed by atoms with Gasteiger partial charge in [0.15, 0.2) is 0 Å². The van der Waals surface area contributed by atoms with E-state index in [1.54, 1.807) is 6.92 Å². The molecule has 1 rings (SSSR count). The standard InChI is InChI=1S/C11H17ClN2O3S/c1-7-9(12)4-8(5-10(7)13)18(16,17)14-6-11(2,3)15/h4-5,14-15H,6,13H2,1-3H3. The first-order valence-electron chi connectivity index (χ1n) is 5.30. The summed E-state index contributed by atoms with van der Waals surface area (Å²) in [5.74, 6) is 0. The molecular weight excluding hydrogens is 276 g/mol. The Balaban J connectivity index is 3.07. The Morgan fingerprint density at radius 3 is 2.44 bits per heavy atom. The van der Waals surface area contributed by atoms with Crippen LogP contribution in [0.5, 0.6) is 0 Å². The van der Waals surface area contributed by atoms with Gasteiger partial charge in [-0.25, -0.2) is 13.1 Å². The summed E-state index contributed by atoms with van der Waals surface area (Å²) < 4.78 is 26.2. The summed E-state index contributed by atoms with van der Waals surface area (Å²) in [5, 5.41) is 9.79. The molecule has 7 heteroatoms. The lowest BCUT2D eigenvalue weighted by Gasteiger charge is -2.18. The number of aliphatic hydroxyl groups is 1. The summed E-state index contributed by atoms with van der Waals surface area (Å²) in [5.41, 5.74) is 5.49. The molecule has 5 nitrogen and oxygen atoms in total. The molecule has 18 heavy (non-hydrogen) atoms. The highest BCUT2D eigenvalue weighted by molar-refractivity contribution is 7.89. The number of nitrogens with two attached hydrogens (primary N) is 1. The second-order valence-electron chi connectivity index (χ2n) is 4.76. The summed E-state index contributed by atoms with van der Waals surface area (Å²) in [6.45, 7) is 4.62. The molecule has 0 amide bonds. The van der Waals surface area contributed by atoms with Gasteiger partial charge in [0.1, 0.15) is 0 Å². The molecule has 0 bridgehead atoms. The van der Waals surface area contributed by atoms with E-state index in [-0.39, 0.29) is 11.4 Å². The van der Waals surface area contributed by atoms with Crippen molar-refractivity contribution in [2.24, 2.45) is 0 Å². The Labute approximate surface area is 112 Å². The minimum atomic E-state index is -3.73. The van der Waals surface area contributed by atoms with E-state index in [0.29, 0.717) is 16.3 Å². The smallest absolute Gasteiger partial charge is 0.240 e. The third-order valence-corrected chi connectivity index (χ3v) is 4.14. The summed E-state index contributed by atoms with van der Waals surface area (Å²) in [6, 6.07) is 2.67. The maximum atomic E-state index is 12.0. The topological polar surface area (TPSA) is 92.4 Å². The number of hydrogen-bond acceptors (Lipinski definition) is 4. The van der Waals surface area contributed by atoms with Crippen molar-refractivity contribution in [3.05, 3.63) is 22.7 Å². The number of nitrogens with one attached hydrogen (secondary N) is 1. The Hall–Kier alpha value is -0.820. The van der Waals surface area contributed by atoms with Crippen LogP contribution in [0.1, 0.15) is 19.4 Å². The zero-order valence-corrected chi connectivity index (χ0v) is 12.1. The average Bonchev–Trinajstić information content (AvgIpc) is 2.21. The third-order valence-electron chi connectivity index (χ3n) is 2.36. The molecule has 0 spiro atoms. The van der Waals surface area contributed by atoms with Crippen molar-refractivity contribution in [3.63, 3.8) is 0 Å². The van der Waals surface area contributed by atoms with Crippen molar-refractivity contribution in [2.75, 3.05) is 12.3 Å². The van der Waals surface area contributed by atoms with Crippen LogP contribution in [0.4, 0.5) is 5.69 Å². The van der Waals surface area contributed by atoms with Crippen molar-refractivity contribution in [3.8, 4) is 0 Å². The molecule has 0 aliphatic carbocycles. The van der Waals surface area contributed by atoms with Crippen molar-refractivity contribution in [1.82, 2.24) is 4.72 Å².